The third-order valence-electron chi connectivity index (χ3n) is 6.73. The van der Waals surface area contributed by atoms with Crippen LogP contribution in [0, 0.1) is 5.41 Å². The molecule has 10 heteroatoms. The topological polar surface area (TPSA) is 66.9 Å². The number of hydrogen-bond acceptors (Lipinski definition) is 4. The van der Waals surface area contributed by atoms with Crippen molar-refractivity contribution in [2.75, 3.05) is 32.8 Å². The molecule has 0 spiro atoms. The molecule has 0 saturated carbocycles. The lowest BCUT2D eigenvalue weighted by Crippen LogP contribution is -2.51. The maximum Gasteiger partial charge on any atom is 0.244 e. The zero-order valence-electron chi connectivity index (χ0n) is 19.4. The Labute approximate surface area is 222 Å². The fourth-order valence-corrected chi connectivity index (χ4v) is 7.31. The summed E-state index contributed by atoms with van der Waals surface area (Å²) in [5.41, 5.74) is -0.668. The van der Waals surface area contributed by atoms with E-state index >= 15 is 0 Å². The van der Waals surface area contributed by atoms with Gasteiger partial charge in [-0.3, -0.25) is 4.79 Å². The molecular weight excluding hydrogens is 531 g/mol. The molecule has 2 heterocycles. The molecule has 190 valence electrons. The van der Waals surface area contributed by atoms with Crippen LogP contribution in [-0.2, 0) is 14.8 Å². The number of likely N-dealkylation sites (tertiary alicyclic amines) is 1. The summed E-state index contributed by atoms with van der Waals surface area (Å²) >= 11 is 18.2. The maximum atomic E-state index is 13.6. The molecule has 0 unspecified atom stereocenters. The normalized spacial score (nSPS) is 21.6. The summed E-state index contributed by atoms with van der Waals surface area (Å²) < 4.78 is 34.6. The SMILES string of the molecule is O=C(C[C@@]1(COc2ccc(Cl)cc2)CCCN(S(=O)(=O)c2ccc(Cl)cc2Cl)C1)N1CCCCC1. The van der Waals surface area contributed by atoms with E-state index in [1.54, 1.807) is 24.3 Å². The van der Waals surface area contributed by atoms with Crippen molar-refractivity contribution < 1.29 is 17.9 Å². The number of halogens is 3. The van der Waals surface area contributed by atoms with Crippen LogP contribution < -0.4 is 4.74 Å². The second-order valence-corrected chi connectivity index (χ2v) is 12.6. The van der Waals surface area contributed by atoms with Crippen molar-refractivity contribution >= 4 is 50.7 Å². The minimum absolute atomic E-state index is 0.0142. The lowest BCUT2D eigenvalue weighted by atomic mass is 9.78. The number of carbonyl (C=O) groups is 1. The maximum absolute atomic E-state index is 13.6. The molecule has 4 rings (SSSR count). The number of carbonyl (C=O) groups excluding carboxylic acids is 1. The Kier molecular flexibility index (Phi) is 8.54. The molecule has 2 aromatic rings. The highest BCUT2D eigenvalue weighted by Gasteiger charge is 2.43. The summed E-state index contributed by atoms with van der Waals surface area (Å²) in [5.74, 6) is 0.674. The van der Waals surface area contributed by atoms with Crippen molar-refractivity contribution in [3.8, 4) is 5.75 Å². The quantitative estimate of drug-likeness (QED) is 0.424. The Morgan fingerprint density at radius 3 is 2.29 bits per heavy atom. The minimum Gasteiger partial charge on any atom is -0.493 e. The Hall–Kier alpha value is -1.51. The molecule has 2 aromatic carbocycles. The number of benzene rings is 2. The van der Waals surface area contributed by atoms with Crippen molar-refractivity contribution in [3.05, 3.63) is 57.5 Å². The first-order chi connectivity index (χ1) is 16.7. The summed E-state index contributed by atoms with van der Waals surface area (Å²) in [5, 5.41) is 1.04. The lowest BCUT2D eigenvalue weighted by molar-refractivity contribution is -0.136. The predicted molar refractivity (Wildman–Crippen MR) is 139 cm³/mol. The average molecular weight is 560 g/mol. The predicted octanol–water partition coefficient (Wildman–Crippen LogP) is 5.90. The van der Waals surface area contributed by atoms with Crippen LogP contribution in [0.25, 0.3) is 0 Å². The molecule has 1 atom stereocenters. The van der Waals surface area contributed by atoms with Gasteiger partial charge in [-0.15, -0.1) is 0 Å². The molecule has 0 N–H and O–H groups in total. The van der Waals surface area contributed by atoms with Gasteiger partial charge >= 0.3 is 0 Å². The van der Waals surface area contributed by atoms with Crippen LogP contribution in [0.3, 0.4) is 0 Å². The van der Waals surface area contributed by atoms with E-state index in [2.05, 4.69) is 0 Å². The van der Waals surface area contributed by atoms with Crippen LogP contribution >= 0.6 is 34.8 Å². The van der Waals surface area contributed by atoms with Gasteiger partial charge in [-0.05, 0) is 74.6 Å². The first kappa shape index (κ1) is 26.6. The fourth-order valence-electron chi connectivity index (χ4n) is 4.85. The third kappa shape index (κ3) is 6.44. The van der Waals surface area contributed by atoms with Crippen LogP contribution in [0.2, 0.25) is 15.1 Å². The molecular formula is C25H29Cl3N2O4S. The van der Waals surface area contributed by atoms with Gasteiger partial charge in [-0.25, -0.2) is 8.42 Å². The van der Waals surface area contributed by atoms with Crippen molar-refractivity contribution in [3.63, 3.8) is 0 Å². The molecule has 0 aromatic heterocycles. The molecule has 35 heavy (non-hydrogen) atoms. The van der Waals surface area contributed by atoms with Gasteiger partial charge in [-0.1, -0.05) is 34.8 Å². The first-order valence-electron chi connectivity index (χ1n) is 11.8. The van der Waals surface area contributed by atoms with Gasteiger partial charge in [0.05, 0.1) is 11.6 Å². The molecule has 0 bridgehead atoms. The number of piperidine rings is 2. The largest absolute Gasteiger partial charge is 0.493 e. The second kappa shape index (κ2) is 11.3. The number of amides is 1. The minimum atomic E-state index is -3.88. The average Bonchev–Trinajstić information content (AvgIpc) is 2.84. The van der Waals surface area contributed by atoms with Crippen LogP contribution in [0.1, 0.15) is 38.5 Å². The van der Waals surface area contributed by atoms with Crippen molar-refractivity contribution in [1.29, 1.82) is 0 Å². The Morgan fingerprint density at radius 1 is 0.914 bits per heavy atom. The monoisotopic (exact) mass is 558 g/mol. The summed E-state index contributed by atoms with van der Waals surface area (Å²) in [6, 6.07) is 11.4. The molecule has 6 nitrogen and oxygen atoms in total. The fraction of sp³-hybridized carbons (Fsp3) is 0.480. The van der Waals surface area contributed by atoms with Gasteiger partial charge in [0.2, 0.25) is 15.9 Å². The Balaban J connectivity index is 1.59. The van der Waals surface area contributed by atoms with Gasteiger partial charge in [0.1, 0.15) is 10.6 Å². The lowest BCUT2D eigenvalue weighted by Gasteiger charge is -2.42. The van der Waals surface area contributed by atoms with Crippen LogP contribution in [-0.4, -0.2) is 56.3 Å². The molecule has 2 aliphatic heterocycles. The summed E-state index contributed by atoms with van der Waals surface area (Å²) in [7, 11) is -3.88. The molecule has 0 radical (unpaired) electrons. The zero-order valence-corrected chi connectivity index (χ0v) is 22.5. The highest BCUT2D eigenvalue weighted by molar-refractivity contribution is 7.89. The van der Waals surface area contributed by atoms with Crippen molar-refractivity contribution in [2.45, 2.75) is 43.4 Å². The van der Waals surface area contributed by atoms with E-state index in [4.69, 9.17) is 39.5 Å². The highest BCUT2D eigenvalue weighted by Crippen LogP contribution is 2.39. The van der Waals surface area contributed by atoms with Crippen LogP contribution in [0.4, 0.5) is 0 Å². The van der Waals surface area contributed by atoms with Gasteiger partial charge in [0, 0.05) is 48.1 Å². The second-order valence-electron chi connectivity index (χ2n) is 9.38. The highest BCUT2D eigenvalue weighted by atomic mass is 35.5. The molecule has 2 aliphatic rings. The zero-order chi connectivity index (χ0) is 25.1. The van der Waals surface area contributed by atoms with E-state index in [1.807, 2.05) is 4.90 Å². The van der Waals surface area contributed by atoms with E-state index in [0.29, 0.717) is 35.2 Å². The number of hydrogen-bond donors (Lipinski definition) is 0. The van der Waals surface area contributed by atoms with E-state index < -0.39 is 15.4 Å². The molecule has 1 amide bonds. The first-order valence-corrected chi connectivity index (χ1v) is 14.4. The summed E-state index contributed by atoms with van der Waals surface area (Å²) in [6.07, 6.45) is 4.64. The number of sulfonamides is 1. The van der Waals surface area contributed by atoms with E-state index in [1.165, 1.54) is 22.5 Å². The van der Waals surface area contributed by atoms with Crippen LogP contribution in [0.5, 0.6) is 5.75 Å². The number of rotatable bonds is 7. The standard InChI is InChI=1S/C25H29Cl3N2O4S/c26-19-5-8-21(9-6-19)34-18-25(16-24(31)29-12-2-1-3-13-29)11-4-14-30(17-25)35(32,33)23-10-7-20(27)15-22(23)28/h5-10,15H,1-4,11-14,16-18H2/t25-/m0/s1. The van der Waals surface area contributed by atoms with Gasteiger partial charge in [-0.2, -0.15) is 4.31 Å². The van der Waals surface area contributed by atoms with Crippen molar-refractivity contribution in [2.24, 2.45) is 5.41 Å². The van der Waals surface area contributed by atoms with Gasteiger partial charge < -0.3 is 9.64 Å². The number of nitrogens with zero attached hydrogens (tertiary/aromatic N) is 2. The Morgan fingerprint density at radius 2 is 1.60 bits per heavy atom. The Bertz CT molecular complexity index is 1150. The smallest absolute Gasteiger partial charge is 0.244 e. The van der Waals surface area contributed by atoms with Crippen LogP contribution in [0.15, 0.2) is 47.4 Å². The van der Waals surface area contributed by atoms with E-state index in [0.717, 1.165) is 32.4 Å². The van der Waals surface area contributed by atoms with Gasteiger partial charge in [0.25, 0.3) is 0 Å². The third-order valence-corrected chi connectivity index (χ3v) is 9.55. The van der Waals surface area contributed by atoms with E-state index in [9.17, 15) is 13.2 Å². The van der Waals surface area contributed by atoms with E-state index in [-0.39, 0.29) is 35.4 Å². The summed E-state index contributed by atoms with van der Waals surface area (Å²) in [6.45, 7) is 2.22. The van der Waals surface area contributed by atoms with Gasteiger partial charge in [0.15, 0.2) is 0 Å². The number of ether oxygens (including phenoxy) is 1. The summed E-state index contributed by atoms with van der Waals surface area (Å²) in [4.78, 5) is 15.2. The molecule has 2 saturated heterocycles. The molecule has 2 fully saturated rings. The molecule has 0 aliphatic carbocycles. The van der Waals surface area contributed by atoms with Crippen molar-refractivity contribution in [1.82, 2.24) is 9.21 Å².